The molecule has 2 atom stereocenters. The van der Waals surface area contributed by atoms with Gasteiger partial charge >= 0.3 is 0 Å². The standard InChI is InChI=1S/C18H29NO/c1-14(2)19-12-16-8-6-9-17(11-16)13-20-18-10-5-4-7-15(18)3/h6,8-9,11,14-15,18-19H,4-5,7,10,12-13H2,1-3H3. The van der Waals surface area contributed by atoms with E-state index in [0.717, 1.165) is 19.1 Å². The highest BCUT2D eigenvalue weighted by atomic mass is 16.5. The summed E-state index contributed by atoms with van der Waals surface area (Å²) in [4.78, 5) is 0. The summed E-state index contributed by atoms with van der Waals surface area (Å²) in [6.45, 7) is 8.37. The lowest BCUT2D eigenvalue weighted by Crippen LogP contribution is -2.25. The van der Waals surface area contributed by atoms with Gasteiger partial charge in [0.15, 0.2) is 0 Å². The summed E-state index contributed by atoms with van der Waals surface area (Å²) in [6, 6.07) is 9.29. The molecule has 1 aromatic carbocycles. The number of nitrogens with one attached hydrogen (secondary N) is 1. The van der Waals surface area contributed by atoms with Crippen molar-refractivity contribution < 1.29 is 4.74 Å². The Morgan fingerprint density at radius 2 is 1.95 bits per heavy atom. The first-order chi connectivity index (χ1) is 9.65. The van der Waals surface area contributed by atoms with Crippen molar-refractivity contribution in [3.63, 3.8) is 0 Å². The third-order valence-corrected chi connectivity index (χ3v) is 4.20. The van der Waals surface area contributed by atoms with E-state index < -0.39 is 0 Å². The van der Waals surface area contributed by atoms with Gasteiger partial charge in [0.25, 0.3) is 0 Å². The van der Waals surface area contributed by atoms with E-state index in [1.54, 1.807) is 0 Å². The number of ether oxygens (including phenoxy) is 1. The molecule has 0 amide bonds. The van der Waals surface area contributed by atoms with Gasteiger partial charge < -0.3 is 10.1 Å². The van der Waals surface area contributed by atoms with Gasteiger partial charge in [0.1, 0.15) is 0 Å². The lowest BCUT2D eigenvalue weighted by atomic mass is 9.88. The van der Waals surface area contributed by atoms with Crippen molar-refractivity contribution in [2.24, 2.45) is 5.92 Å². The molecule has 1 aromatic rings. The van der Waals surface area contributed by atoms with Gasteiger partial charge in [-0.05, 0) is 29.9 Å². The highest BCUT2D eigenvalue weighted by molar-refractivity contribution is 5.22. The van der Waals surface area contributed by atoms with E-state index in [4.69, 9.17) is 4.74 Å². The van der Waals surface area contributed by atoms with Crippen LogP contribution in [0.15, 0.2) is 24.3 Å². The molecule has 0 aromatic heterocycles. The molecule has 1 N–H and O–H groups in total. The highest BCUT2D eigenvalue weighted by Crippen LogP contribution is 2.27. The van der Waals surface area contributed by atoms with Gasteiger partial charge in [-0.1, -0.05) is 57.9 Å². The second kappa shape index (κ2) is 7.80. The van der Waals surface area contributed by atoms with Gasteiger partial charge in [0.2, 0.25) is 0 Å². The molecule has 2 unspecified atom stereocenters. The molecule has 20 heavy (non-hydrogen) atoms. The van der Waals surface area contributed by atoms with Crippen LogP contribution in [0.1, 0.15) is 57.6 Å². The van der Waals surface area contributed by atoms with Gasteiger partial charge in [-0.3, -0.25) is 0 Å². The minimum Gasteiger partial charge on any atom is -0.373 e. The SMILES string of the molecule is CC(C)NCc1cccc(COC2CCCCC2C)c1. The van der Waals surface area contributed by atoms with Gasteiger partial charge in [0.05, 0.1) is 12.7 Å². The summed E-state index contributed by atoms with van der Waals surface area (Å²) in [5.41, 5.74) is 2.64. The maximum Gasteiger partial charge on any atom is 0.0720 e. The Hall–Kier alpha value is -0.860. The van der Waals surface area contributed by atoms with E-state index in [9.17, 15) is 0 Å². The number of benzene rings is 1. The third kappa shape index (κ3) is 4.92. The second-order valence-electron chi connectivity index (χ2n) is 6.47. The maximum absolute atomic E-state index is 6.14. The van der Waals surface area contributed by atoms with Crippen molar-refractivity contribution in [2.75, 3.05) is 0 Å². The number of rotatable bonds is 6. The zero-order valence-electron chi connectivity index (χ0n) is 13.2. The Kier molecular flexibility index (Phi) is 6.06. The molecule has 1 fully saturated rings. The van der Waals surface area contributed by atoms with E-state index in [1.165, 1.54) is 36.8 Å². The fourth-order valence-electron chi connectivity index (χ4n) is 2.88. The van der Waals surface area contributed by atoms with Crippen LogP contribution in [0.25, 0.3) is 0 Å². The smallest absolute Gasteiger partial charge is 0.0720 e. The molecule has 2 nitrogen and oxygen atoms in total. The average Bonchev–Trinajstić information content (AvgIpc) is 2.45. The Morgan fingerprint density at radius 3 is 2.70 bits per heavy atom. The molecule has 2 heteroatoms. The van der Waals surface area contributed by atoms with E-state index in [1.807, 2.05) is 0 Å². The fraction of sp³-hybridized carbons (Fsp3) is 0.667. The summed E-state index contributed by atoms with van der Waals surface area (Å²) in [7, 11) is 0. The van der Waals surface area contributed by atoms with E-state index in [-0.39, 0.29) is 0 Å². The largest absolute Gasteiger partial charge is 0.373 e. The topological polar surface area (TPSA) is 21.3 Å². The minimum atomic E-state index is 0.459. The molecular formula is C18H29NO. The zero-order valence-corrected chi connectivity index (χ0v) is 13.2. The van der Waals surface area contributed by atoms with Crippen LogP contribution in [0.2, 0.25) is 0 Å². The molecule has 0 heterocycles. The molecular weight excluding hydrogens is 246 g/mol. The molecule has 0 spiro atoms. The first-order valence-electron chi connectivity index (χ1n) is 8.08. The number of hydrogen-bond donors (Lipinski definition) is 1. The van der Waals surface area contributed by atoms with Crippen LogP contribution in [0.3, 0.4) is 0 Å². The molecule has 0 saturated heterocycles. The molecule has 0 radical (unpaired) electrons. The normalized spacial score (nSPS) is 23.2. The summed E-state index contributed by atoms with van der Waals surface area (Å²) in [5.74, 6) is 0.717. The van der Waals surface area contributed by atoms with E-state index in [0.29, 0.717) is 12.1 Å². The summed E-state index contributed by atoms with van der Waals surface area (Å²) in [5, 5.41) is 3.46. The van der Waals surface area contributed by atoms with E-state index >= 15 is 0 Å². The van der Waals surface area contributed by atoms with Gasteiger partial charge in [0, 0.05) is 12.6 Å². The molecule has 2 rings (SSSR count). The monoisotopic (exact) mass is 275 g/mol. The summed E-state index contributed by atoms with van der Waals surface area (Å²) < 4.78 is 6.14. The molecule has 1 aliphatic rings. The summed E-state index contributed by atoms with van der Waals surface area (Å²) >= 11 is 0. The Labute approximate surface area is 123 Å². The van der Waals surface area contributed by atoms with Gasteiger partial charge in [-0.2, -0.15) is 0 Å². The predicted octanol–water partition coefficient (Wildman–Crippen LogP) is 4.28. The van der Waals surface area contributed by atoms with Crippen molar-refractivity contribution >= 4 is 0 Å². The lowest BCUT2D eigenvalue weighted by molar-refractivity contribution is -0.0154. The molecule has 1 saturated carbocycles. The van der Waals surface area contributed by atoms with Crippen LogP contribution < -0.4 is 5.32 Å². The Balaban J connectivity index is 1.84. The molecule has 0 bridgehead atoms. The van der Waals surface area contributed by atoms with Crippen molar-refractivity contribution in [1.29, 1.82) is 0 Å². The highest BCUT2D eigenvalue weighted by Gasteiger charge is 2.21. The molecule has 112 valence electrons. The first kappa shape index (κ1) is 15.5. The first-order valence-corrected chi connectivity index (χ1v) is 8.08. The predicted molar refractivity (Wildman–Crippen MR) is 84.6 cm³/mol. The fourth-order valence-corrected chi connectivity index (χ4v) is 2.88. The van der Waals surface area contributed by atoms with Crippen molar-refractivity contribution in [2.45, 2.75) is 71.8 Å². The van der Waals surface area contributed by atoms with Crippen molar-refractivity contribution in [1.82, 2.24) is 5.32 Å². The zero-order chi connectivity index (χ0) is 14.4. The quantitative estimate of drug-likeness (QED) is 0.836. The summed E-state index contributed by atoms with van der Waals surface area (Å²) in [6.07, 6.45) is 5.71. The lowest BCUT2D eigenvalue weighted by Gasteiger charge is -2.28. The van der Waals surface area contributed by atoms with Crippen LogP contribution in [0.5, 0.6) is 0 Å². The third-order valence-electron chi connectivity index (χ3n) is 4.20. The van der Waals surface area contributed by atoms with Crippen molar-refractivity contribution in [3.8, 4) is 0 Å². The van der Waals surface area contributed by atoms with Crippen molar-refractivity contribution in [3.05, 3.63) is 35.4 Å². The average molecular weight is 275 g/mol. The second-order valence-corrected chi connectivity index (χ2v) is 6.47. The van der Waals surface area contributed by atoms with Crippen LogP contribution in [0.4, 0.5) is 0 Å². The van der Waals surface area contributed by atoms with Crippen LogP contribution in [-0.2, 0) is 17.9 Å². The van der Waals surface area contributed by atoms with E-state index in [2.05, 4.69) is 50.4 Å². The Bertz CT molecular complexity index is 402. The minimum absolute atomic E-state index is 0.459. The van der Waals surface area contributed by atoms with Crippen LogP contribution >= 0.6 is 0 Å². The molecule has 1 aliphatic carbocycles. The Morgan fingerprint density at radius 1 is 1.20 bits per heavy atom. The van der Waals surface area contributed by atoms with Gasteiger partial charge in [-0.15, -0.1) is 0 Å². The van der Waals surface area contributed by atoms with Crippen LogP contribution in [0, 0.1) is 5.92 Å². The molecule has 0 aliphatic heterocycles. The van der Waals surface area contributed by atoms with Crippen LogP contribution in [-0.4, -0.2) is 12.1 Å². The number of hydrogen-bond acceptors (Lipinski definition) is 2. The maximum atomic E-state index is 6.14. The van der Waals surface area contributed by atoms with Gasteiger partial charge in [-0.25, -0.2) is 0 Å².